The van der Waals surface area contributed by atoms with E-state index in [0.29, 0.717) is 12.6 Å². The van der Waals surface area contributed by atoms with E-state index in [0.717, 1.165) is 19.6 Å². The summed E-state index contributed by atoms with van der Waals surface area (Å²) in [5.74, 6) is 0. The van der Waals surface area contributed by atoms with Gasteiger partial charge < -0.3 is 15.4 Å². The molecule has 1 fully saturated rings. The monoisotopic (exact) mass is 186 g/mol. The van der Waals surface area contributed by atoms with Gasteiger partial charge in [0.05, 0.1) is 12.1 Å². The fourth-order valence-electron chi connectivity index (χ4n) is 1.71. The molecule has 2 unspecified atom stereocenters. The van der Waals surface area contributed by atoms with E-state index in [4.69, 9.17) is 10.5 Å². The minimum atomic E-state index is -0.0990. The van der Waals surface area contributed by atoms with Crippen LogP contribution < -0.4 is 5.73 Å². The zero-order valence-corrected chi connectivity index (χ0v) is 9.05. The second kappa shape index (κ2) is 4.40. The summed E-state index contributed by atoms with van der Waals surface area (Å²) in [6, 6.07) is 0.612. The van der Waals surface area contributed by atoms with E-state index in [1.54, 1.807) is 0 Å². The third kappa shape index (κ3) is 2.93. The van der Waals surface area contributed by atoms with Gasteiger partial charge in [0.2, 0.25) is 0 Å². The van der Waals surface area contributed by atoms with Gasteiger partial charge in [-0.1, -0.05) is 6.92 Å². The van der Waals surface area contributed by atoms with E-state index in [9.17, 15) is 0 Å². The molecule has 0 amide bonds. The zero-order valence-electron chi connectivity index (χ0n) is 9.05. The van der Waals surface area contributed by atoms with Crippen molar-refractivity contribution in [2.45, 2.75) is 38.3 Å². The molecule has 78 valence electrons. The van der Waals surface area contributed by atoms with Gasteiger partial charge >= 0.3 is 0 Å². The van der Waals surface area contributed by atoms with E-state index in [1.165, 1.54) is 6.42 Å². The van der Waals surface area contributed by atoms with E-state index < -0.39 is 0 Å². The maximum Gasteiger partial charge on any atom is 0.0659 e. The fourth-order valence-corrected chi connectivity index (χ4v) is 1.71. The van der Waals surface area contributed by atoms with Crippen LogP contribution in [0.1, 0.15) is 26.7 Å². The molecule has 0 bridgehead atoms. The molecule has 3 heteroatoms. The molecule has 3 nitrogen and oxygen atoms in total. The first-order valence-corrected chi connectivity index (χ1v) is 5.14. The van der Waals surface area contributed by atoms with Gasteiger partial charge in [0.25, 0.3) is 0 Å². The van der Waals surface area contributed by atoms with Crippen LogP contribution in [-0.4, -0.2) is 43.3 Å². The minimum absolute atomic E-state index is 0.0990. The van der Waals surface area contributed by atoms with Crippen LogP contribution in [-0.2, 0) is 4.74 Å². The van der Waals surface area contributed by atoms with Gasteiger partial charge in [0.1, 0.15) is 0 Å². The van der Waals surface area contributed by atoms with Crippen LogP contribution >= 0.6 is 0 Å². The molecule has 0 spiro atoms. The van der Waals surface area contributed by atoms with Crippen molar-refractivity contribution < 1.29 is 4.74 Å². The van der Waals surface area contributed by atoms with Gasteiger partial charge in [-0.2, -0.15) is 0 Å². The number of nitrogens with two attached hydrogens (primary N) is 1. The smallest absolute Gasteiger partial charge is 0.0659 e. The van der Waals surface area contributed by atoms with Crippen LogP contribution in [0.25, 0.3) is 0 Å². The fraction of sp³-hybridized carbons (Fsp3) is 1.00. The first-order chi connectivity index (χ1) is 6.07. The number of nitrogens with zero attached hydrogens (tertiary/aromatic N) is 1. The van der Waals surface area contributed by atoms with Crippen molar-refractivity contribution in [2.75, 3.05) is 26.8 Å². The predicted molar refractivity (Wildman–Crippen MR) is 54.7 cm³/mol. The highest BCUT2D eigenvalue weighted by atomic mass is 16.5. The lowest BCUT2D eigenvalue weighted by molar-refractivity contribution is 0.147. The predicted octanol–water partition coefficient (Wildman–Crippen LogP) is 0.834. The minimum Gasteiger partial charge on any atom is -0.379 e. The van der Waals surface area contributed by atoms with E-state index in [2.05, 4.69) is 25.8 Å². The van der Waals surface area contributed by atoms with Crippen molar-refractivity contribution >= 4 is 0 Å². The van der Waals surface area contributed by atoms with Gasteiger partial charge in [0, 0.05) is 19.2 Å². The van der Waals surface area contributed by atoms with Crippen LogP contribution in [0, 0.1) is 0 Å². The first kappa shape index (κ1) is 11.0. The van der Waals surface area contributed by atoms with Gasteiger partial charge in [-0.05, 0) is 26.8 Å². The van der Waals surface area contributed by atoms with E-state index in [-0.39, 0.29) is 5.54 Å². The Kier molecular flexibility index (Phi) is 3.71. The molecule has 1 rings (SSSR count). The van der Waals surface area contributed by atoms with Crippen LogP contribution in [0.3, 0.4) is 0 Å². The lowest BCUT2D eigenvalue weighted by Gasteiger charge is -2.32. The summed E-state index contributed by atoms with van der Waals surface area (Å²) in [5.41, 5.74) is 6.09. The van der Waals surface area contributed by atoms with Gasteiger partial charge in [-0.3, -0.25) is 0 Å². The Bertz CT molecular complexity index is 155. The van der Waals surface area contributed by atoms with Gasteiger partial charge in [-0.15, -0.1) is 0 Å². The normalized spacial score (nSPS) is 31.2. The molecule has 0 radical (unpaired) electrons. The number of rotatable bonds is 4. The van der Waals surface area contributed by atoms with Gasteiger partial charge in [0.15, 0.2) is 0 Å². The Labute approximate surface area is 81.2 Å². The topological polar surface area (TPSA) is 38.5 Å². The molecule has 0 aromatic heterocycles. The van der Waals surface area contributed by atoms with Crippen molar-refractivity contribution in [3.8, 4) is 0 Å². The maximum atomic E-state index is 6.19. The van der Waals surface area contributed by atoms with Crippen molar-refractivity contribution in [1.29, 1.82) is 0 Å². The average Bonchev–Trinajstić information content (AvgIpc) is 2.50. The molecule has 2 atom stereocenters. The molecular formula is C10H22N2O. The summed E-state index contributed by atoms with van der Waals surface area (Å²) >= 11 is 0. The Balaban J connectivity index is 2.38. The molecule has 2 N–H and O–H groups in total. The van der Waals surface area contributed by atoms with Crippen LogP contribution in [0.2, 0.25) is 0 Å². The summed E-state index contributed by atoms with van der Waals surface area (Å²) in [5, 5.41) is 0. The molecule has 1 saturated heterocycles. The molecule has 0 saturated carbocycles. The van der Waals surface area contributed by atoms with Crippen molar-refractivity contribution in [3.05, 3.63) is 0 Å². The summed E-state index contributed by atoms with van der Waals surface area (Å²) in [6.45, 7) is 6.93. The summed E-state index contributed by atoms with van der Waals surface area (Å²) in [4.78, 5) is 2.33. The van der Waals surface area contributed by atoms with Crippen LogP contribution in [0.15, 0.2) is 0 Å². The molecule has 1 aliphatic rings. The molecule has 1 heterocycles. The molecule has 0 aliphatic carbocycles. The third-order valence-electron chi connectivity index (χ3n) is 3.04. The maximum absolute atomic E-state index is 6.19. The Morgan fingerprint density at radius 3 is 2.77 bits per heavy atom. The van der Waals surface area contributed by atoms with Crippen LogP contribution in [0.5, 0.6) is 0 Å². The third-order valence-corrected chi connectivity index (χ3v) is 3.04. The number of ether oxygens (including phenoxy) is 1. The van der Waals surface area contributed by atoms with Crippen molar-refractivity contribution in [2.24, 2.45) is 5.73 Å². The molecule has 13 heavy (non-hydrogen) atoms. The molecule has 0 aromatic rings. The van der Waals surface area contributed by atoms with Crippen molar-refractivity contribution in [1.82, 2.24) is 4.90 Å². The van der Waals surface area contributed by atoms with Crippen molar-refractivity contribution in [3.63, 3.8) is 0 Å². The molecule has 1 aliphatic heterocycles. The highest BCUT2D eigenvalue weighted by Crippen LogP contribution is 2.17. The summed E-state index contributed by atoms with van der Waals surface area (Å²) in [7, 11) is 2.14. The van der Waals surface area contributed by atoms with Gasteiger partial charge in [-0.25, -0.2) is 0 Å². The molecule has 0 aromatic carbocycles. The highest BCUT2D eigenvalue weighted by molar-refractivity contribution is 4.91. The number of likely N-dealkylation sites (N-methyl/N-ethyl adjacent to an activating group) is 1. The second-order valence-electron chi connectivity index (χ2n) is 4.34. The SMILES string of the molecule is CCC(C)N(C)CC1(N)CCOC1. The zero-order chi connectivity index (χ0) is 9.90. The highest BCUT2D eigenvalue weighted by Gasteiger charge is 2.32. The lowest BCUT2D eigenvalue weighted by Crippen LogP contribution is -2.51. The summed E-state index contributed by atoms with van der Waals surface area (Å²) < 4.78 is 5.32. The average molecular weight is 186 g/mol. The number of hydrogen-bond donors (Lipinski definition) is 1. The first-order valence-electron chi connectivity index (χ1n) is 5.14. The van der Waals surface area contributed by atoms with E-state index >= 15 is 0 Å². The second-order valence-corrected chi connectivity index (χ2v) is 4.34. The standard InChI is InChI=1S/C10H22N2O/c1-4-9(2)12(3)7-10(11)5-6-13-8-10/h9H,4-8,11H2,1-3H3. The summed E-state index contributed by atoms with van der Waals surface area (Å²) in [6.07, 6.45) is 2.17. The Morgan fingerprint density at radius 1 is 1.62 bits per heavy atom. The molecular weight excluding hydrogens is 164 g/mol. The largest absolute Gasteiger partial charge is 0.379 e. The van der Waals surface area contributed by atoms with Crippen LogP contribution in [0.4, 0.5) is 0 Å². The quantitative estimate of drug-likeness (QED) is 0.707. The number of hydrogen-bond acceptors (Lipinski definition) is 3. The Morgan fingerprint density at radius 2 is 2.31 bits per heavy atom. The Hall–Kier alpha value is -0.120. The van der Waals surface area contributed by atoms with E-state index in [1.807, 2.05) is 0 Å². The lowest BCUT2D eigenvalue weighted by atomic mass is 9.99.